The molecule has 33 heavy (non-hydrogen) atoms. The number of carboxylic acids is 1. The van der Waals surface area contributed by atoms with Crippen molar-refractivity contribution in [3.05, 3.63) is 71.1 Å². The predicted molar refractivity (Wildman–Crippen MR) is 129 cm³/mol. The summed E-state index contributed by atoms with van der Waals surface area (Å²) in [6.07, 6.45) is 3.54. The van der Waals surface area contributed by atoms with E-state index in [1.54, 1.807) is 18.2 Å². The molecule has 0 radical (unpaired) electrons. The number of fused-ring (bicyclic) bond motifs is 1. The number of unbranched alkanes of at least 4 members (excludes halogenated alkanes) is 1. The van der Waals surface area contributed by atoms with E-state index in [1.165, 1.54) is 23.0 Å². The van der Waals surface area contributed by atoms with Crippen LogP contribution in [0.2, 0.25) is 0 Å². The molecule has 3 aromatic rings. The molecule has 172 valence electrons. The minimum absolute atomic E-state index is 0.179. The van der Waals surface area contributed by atoms with Crippen LogP contribution in [0.3, 0.4) is 0 Å². The number of aryl methyl sites for hydroxylation is 1. The van der Waals surface area contributed by atoms with Gasteiger partial charge in [-0.05, 0) is 46.6 Å². The molecule has 0 unspecified atom stereocenters. The van der Waals surface area contributed by atoms with E-state index < -0.39 is 23.2 Å². The summed E-state index contributed by atoms with van der Waals surface area (Å²) >= 11 is 6.53. The molecule has 1 N–H and O–H groups in total. The molecule has 0 aliphatic carbocycles. The van der Waals surface area contributed by atoms with Gasteiger partial charge in [-0.1, -0.05) is 29.3 Å². The van der Waals surface area contributed by atoms with Crippen molar-refractivity contribution >= 4 is 60.6 Å². The van der Waals surface area contributed by atoms with Crippen molar-refractivity contribution in [1.82, 2.24) is 9.66 Å². The van der Waals surface area contributed by atoms with Gasteiger partial charge in [0.05, 0.1) is 26.5 Å². The van der Waals surface area contributed by atoms with Crippen LogP contribution in [0.1, 0.15) is 31.2 Å². The Kier molecular flexibility index (Phi) is 7.92. The van der Waals surface area contributed by atoms with Crippen molar-refractivity contribution in [3.63, 3.8) is 0 Å². The zero-order valence-electron chi connectivity index (χ0n) is 17.3. The molecular formula is C21H18Br2N4O6. The molecule has 0 amide bonds. The number of benzene rings is 2. The summed E-state index contributed by atoms with van der Waals surface area (Å²) in [5.74, 6) is -1.00. The van der Waals surface area contributed by atoms with E-state index in [4.69, 9.17) is 9.84 Å². The Labute approximate surface area is 204 Å². The minimum Gasteiger partial charge on any atom is -0.479 e. The summed E-state index contributed by atoms with van der Waals surface area (Å²) in [7, 11) is 0. The molecule has 1 aromatic heterocycles. The van der Waals surface area contributed by atoms with Crippen LogP contribution in [0.15, 0.2) is 49.2 Å². The lowest BCUT2D eigenvalue weighted by Gasteiger charge is -2.10. The van der Waals surface area contributed by atoms with Crippen LogP contribution in [0, 0.1) is 10.1 Å². The van der Waals surface area contributed by atoms with E-state index in [2.05, 4.69) is 41.9 Å². The summed E-state index contributed by atoms with van der Waals surface area (Å²) in [5, 5.41) is 24.9. The molecule has 1 heterocycles. The van der Waals surface area contributed by atoms with Crippen molar-refractivity contribution < 1.29 is 19.6 Å². The van der Waals surface area contributed by atoms with Gasteiger partial charge in [-0.3, -0.25) is 14.9 Å². The maximum atomic E-state index is 13.1. The third-order valence-electron chi connectivity index (χ3n) is 4.53. The maximum Gasteiger partial charge on any atom is 0.341 e. The predicted octanol–water partition coefficient (Wildman–Crippen LogP) is 4.52. The van der Waals surface area contributed by atoms with Crippen LogP contribution >= 0.6 is 31.9 Å². The maximum absolute atomic E-state index is 13.1. The number of ether oxygens (including phenoxy) is 1. The largest absolute Gasteiger partial charge is 0.479 e. The number of hydrogen-bond donors (Lipinski definition) is 1. The number of aliphatic carboxylic acids is 1. The molecule has 0 saturated carbocycles. The van der Waals surface area contributed by atoms with E-state index in [0.717, 1.165) is 17.3 Å². The summed E-state index contributed by atoms with van der Waals surface area (Å²) in [6.45, 7) is 1.29. The zero-order valence-corrected chi connectivity index (χ0v) is 20.5. The van der Waals surface area contributed by atoms with Crippen LogP contribution in [0.5, 0.6) is 5.75 Å². The molecule has 0 aliphatic heterocycles. The van der Waals surface area contributed by atoms with E-state index >= 15 is 0 Å². The van der Waals surface area contributed by atoms with Crippen molar-refractivity contribution in [2.24, 2.45) is 5.10 Å². The van der Waals surface area contributed by atoms with Gasteiger partial charge in [-0.2, -0.15) is 9.78 Å². The van der Waals surface area contributed by atoms with Gasteiger partial charge in [0.1, 0.15) is 5.82 Å². The van der Waals surface area contributed by atoms with Gasteiger partial charge < -0.3 is 9.84 Å². The molecule has 0 saturated heterocycles. The summed E-state index contributed by atoms with van der Waals surface area (Å²) < 4.78 is 7.15. The third-order valence-corrected chi connectivity index (χ3v) is 5.62. The van der Waals surface area contributed by atoms with Gasteiger partial charge in [0.15, 0.2) is 6.61 Å². The molecule has 10 nitrogen and oxygen atoms in total. The van der Waals surface area contributed by atoms with Gasteiger partial charge in [0, 0.05) is 22.5 Å². The highest BCUT2D eigenvalue weighted by atomic mass is 79.9. The first kappa shape index (κ1) is 24.5. The van der Waals surface area contributed by atoms with Gasteiger partial charge in [-0.15, -0.1) is 0 Å². The van der Waals surface area contributed by atoms with Gasteiger partial charge >= 0.3 is 11.7 Å². The average molecular weight is 582 g/mol. The number of carboxylic acid groups (broad SMARTS) is 1. The van der Waals surface area contributed by atoms with Gasteiger partial charge in [0.2, 0.25) is 5.75 Å². The number of nitro groups is 1. The highest BCUT2D eigenvalue weighted by Gasteiger charge is 2.21. The van der Waals surface area contributed by atoms with Crippen molar-refractivity contribution in [2.45, 2.75) is 26.2 Å². The van der Waals surface area contributed by atoms with E-state index in [9.17, 15) is 19.7 Å². The van der Waals surface area contributed by atoms with E-state index in [-0.39, 0.29) is 15.8 Å². The second-order valence-corrected chi connectivity index (χ2v) is 8.72. The molecule has 0 bridgehead atoms. The van der Waals surface area contributed by atoms with Gasteiger partial charge in [-0.25, -0.2) is 9.78 Å². The topological polar surface area (TPSA) is 137 Å². The number of aromatic nitrogens is 2. The Morgan fingerprint density at radius 1 is 1.33 bits per heavy atom. The lowest BCUT2D eigenvalue weighted by Crippen LogP contribution is -2.22. The smallest absolute Gasteiger partial charge is 0.341 e. The lowest BCUT2D eigenvalue weighted by molar-refractivity contribution is -0.385. The van der Waals surface area contributed by atoms with Crippen molar-refractivity contribution in [2.75, 3.05) is 6.61 Å². The fourth-order valence-electron chi connectivity index (χ4n) is 3.02. The Balaban J connectivity index is 2.09. The summed E-state index contributed by atoms with van der Waals surface area (Å²) in [6, 6.07) is 7.89. The molecule has 0 atom stereocenters. The molecule has 0 aliphatic rings. The Morgan fingerprint density at radius 2 is 2.09 bits per heavy atom. The number of hydrogen-bond acceptors (Lipinski definition) is 7. The fraction of sp³-hybridized carbons (Fsp3) is 0.238. The lowest BCUT2D eigenvalue weighted by atomic mass is 10.2. The first-order chi connectivity index (χ1) is 15.7. The second-order valence-electron chi connectivity index (χ2n) is 6.95. The molecular weight excluding hydrogens is 564 g/mol. The quantitative estimate of drug-likeness (QED) is 0.223. The van der Waals surface area contributed by atoms with Crippen molar-refractivity contribution in [3.8, 4) is 5.75 Å². The number of carbonyl (C=O) groups is 1. The highest BCUT2D eigenvalue weighted by molar-refractivity contribution is 9.10. The SMILES string of the molecule is CCCCc1nc2ccc(Br)cc2c(=O)n1N=Cc1cc(Br)c(OCC(=O)O)c([N+](=O)[O-])c1. The minimum atomic E-state index is -1.27. The van der Waals surface area contributed by atoms with E-state index in [1.807, 2.05) is 6.92 Å². The van der Waals surface area contributed by atoms with Crippen LogP contribution in [-0.2, 0) is 11.2 Å². The Hall–Kier alpha value is -3.12. The molecule has 0 spiro atoms. The highest BCUT2D eigenvalue weighted by Crippen LogP contribution is 2.36. The van der Waals surface area contributed by atoms with Gasteiger partial charge in [0.25, 0.3) is 5.56 Å². The number of rotatable bonds is 9. The third kappa shape index (κ3) is 5.82. The van der Waals surface area contributed by atoms with Crippen LogP contribution < -0.4 is 10.3 Å². The summed E-state index contributed by atoms with van der Waals surface area (Å²) in [5.41, 5.74) is 0.0582. The first-order valence-corrected chi connectivity index (χ1v) is 11.4. The van der Waals surface area contributed by atoms with Crippen LogP contribution in [0.4, 0.5) is 5.69 Å². The number of halogens is 2. The van der Waals surface area contributed by atoms with Crippen molar-refractivity contribution in [1.29, 1.82) is 0 Å². The fourth-order valence-corrected chi connectivity index (χ4v) is 3.96. The number of nitrogens with zero attached hydrogens (tertiary/aromatic N) is 4. The normalized spacial score (nSPS) is 11.2. The zero-order chi connectivity index (χ0) is 24.1. The molecule has 3 rings (SSSR count). The Bertz CT molecular complexity index is 1320. The van der Waals surface area contributed by atoms with Crippen LogP contribution in [-0.4, -0.2) is 38.5 Å². The number of nitro benzene ring substituents is 1. The standard InChI is InChI=1S/C21H18Br2N4O6/c1-2-3-4-18-25-16-6-5-13(22)9-14(16)21(30)26(18)24-10-12-7-15(23)20(33-11-19(28)29)17(8-12)27(31)32/h5-10H,2-4,11H2,1H3,(H,28,29). The summed E-state index contributed by atoms with van der Waals surface area (Å²) in [4.78, 5) is 39.3. The monoisotopic (exact) mass is 580 g/mol. The second kappa shape index (κ2) is 10.7. The van der Waals surface area contributed by atoms with E-state index in [0.29, 0.717) is 28.7 Å². The molecule has 0 fully saturated rings. The molecule has 2 aromatic carbocycles. The average Bonchev–Trinajstić information content (AvgIpc) is 2.76. The molecule has 12 heteroatoms. The first-order valence-electron chi connectivity index (χ1n) is 9.79. The Morgan fingerprint density at radius 3 is 2.76 bits per heavy atom. The van der Waals surface area contributed by atoms with Crippen LogP contribution in [0.25, 0.3) is 10.9 Å².